The number of anilines is 1. The predicted molar refractivity (Wildman–Crippen MR) is 135 cm³/mol. The van der Waals surface area contributed by atoms with Crippen LogP contribution in [0.3, 0.4) is 0 Å². The monoisotopic (exact) mass is 508 g/mol. The fourth-order valence-electron chi connectivity index (χ4n) is 3.35. The second-order valence-corrected chi connectivity index (χ2v) is 9.14. The molecule has 4 rings (SSSR count). The lowest BCUT2D eigenvalue weighted by atomic mass is 10.1. The summed E-state index contributed by atoms with van der Waals surface area (Å²) in [5.74, 6) is 0.189. The minimum Gasteiger partial charge on any atom is -0.503 e. The van der Waals surface area contributed by atoms with Crippen LogP contribution >= 0.6 is 27.7 Å². The van der Waals surface area contributed by atoms with Gasteiger partial charge in [-0.1, -0.05) is 36.4 Å². The number of amidine groups is 1. The van der Waals surface area contributed by atoms with Crippen LogP contribution in [0.15, 0.2) is 75.0 Å². The van der Waals surface area contributed by atoms with Gasteiger partial charge in [0.05, 0.1) is 27.9 Å². The number of carbonyl (C=O) groups excluding carboxylic acids is 1. The van der Waals surface area contributed by atoms with Crippen LogP contribution in [0.5, 0.6) is 11.5 Å². The highest BCUT2D eigenvalue weighted by molar-refractivity contribution is 9.10. The summed E-state index contributed by atoms with van der Waals surface area (Å²) >= 11 is 4.66. The van der Waals surface area contributed by atoms with Gasteiger partial charge in [0.15, 0.2) is 16.7 Å². The molecule has 1 saturated heterocycles. The zero-order valence-corrected chi connectivity index (χ0v) is 20.2. The van der Waals surface area contributed by atoms with Crippen LogP contribution in [-0.2, 0) is 4.79 Å². The summed E-state index contributed by atoms with van der Waals surface area (Å²) in [6.45, 7) is 3.97. The molecule has 0 aliphatic carbocycles. The minimum atomic E-state index is -0.153. The van der Waals surface area contributed by atoms with Gasteiger partial charge >= 0.3 is 0 Å². The maximum absolute atomic E-state index is 13.5. The molecule has 5 nitrogen and oxygen atoms in total. The van der Waals surface area contributed by atoms with Crippen LogP contribution in [0.1, 0.15) is 16.7 Å². The Morgan fingerprint density at radius 1 is 1.06 bits per heavy atom. The Labute approximate surface area is 199 Å². The Balaban J connectivity index is 1.83. The molecule has 3 aromatic rings. The first-order chi connectivity index (χ1) is 15.4. The number of phenols is 1. The van der Waals surface area contributed by atoms with Crippen molar-refractivity contribution in [3.8, 4) is 11.5 Å². The molecule has 162 valence electrons. The lowest BCUT2D eigenvalue weighted by molar-refractivity contribution is -0.113. The Morgan fingerprint density at radius 3 is 2.44 bits per heavy atom. The van der Waals surface area contributed by atoms with E-state index in [-0.39, 0.29) is 11.7 Å². The van der Waals surface area contributed by atoms with E-state index in [0.29, 0.717) is 20.3 Å². The number of benzene rings is 3. The largest absolute Gasteiger partial charge is 0.503 e. The Hall–Kier alpha value is -3.03. The van der Waals surface area contributed by atoms with E-state index >= 15 is 0 Å². The van der Waals surface area contributed by atoms with Gasteiger partial charge in [0, 0.05) is 0 Å². The van der Waals surface area contributed by atoms with E-state index in [4.69, 9.17) is 9.73 Å². The fourth-order valence-corrected chi connectivity index (χ4v) is 4.80. The normalized spacial score (nSPS) is 16.2. The van der Waals surface area contributed by atoms with E-state index in [2.05, 4.69) is 15.9 Å². The van der Waals surface area contributed by atoms with Crippen molar-refractivity contribution in [1.29, 1.82) is 0 Å². The molecule has 0 radical (unpaired) electrons. The van der Waals surface area contributed by atoms with Crippen LogP contribution in [0.4, 0.5) is 11.4 Å². The zero-order valence-electron chi connectivity index (χ0n) is 17.8. The van der Waals surface area contributed by atoms with Crippen LogP contribution in [0.25, 0.3) is 6.08 Å². The molecule has 0 unspecified atom stereocenters. The average Bonchev–Trinajstić information content (AvgIpc) is 3.07. The number of phenolic OH excluding ortho intramolecular Hbond substituents is 1. The standard InChI is InChI=1S/C25H21BrN2O3S/c1-15-8-4-6-10-19(15)27-25-28(20-11-7-5-9-16(20)2)24(30)22(32-25)14-17-12-18(26)23(29)21(13-17)31-3/h4-14,29H,1-3H3. The molecule has 0 aromatic heterocycles. The predicted octanol–water partition coefficient (Wildman–Crippen LogP) is 6.59. The van der Waals surface area contributed by atoms with E-state index in [1.165, 1.54) is 18.9 Å². The molecule has 0 atom stereocenters. The van der Waals surface area contributed by atoms with Gasteiger partial charge in [-0.05, 0) is 88.6 Å². The number of aliphatic imine (C=N–C) groups is 1. The number of ether oxygens (including phenoxy) is 1. The first kappa shape index (κ1) is 22.2. The summed E-state index contributed by atoms with van der Waals surface area (Å²) in [6, 6.07) is 19.0. The molecule has 0 spiro atoms. The number of para-hydroxylation sites is 2. The van der Waals surface area contributed by atoms with Crippen molar-refractivity contribution in [3.63, 3.8) is 0 Å². The third kappa shape index (κ3) is 4.31. The third-order valence-corrected chi connectivity index (χ3v) is 6.64. The molecule has 32 heavy (non-hydrogen) atoms. The number of hydrogen-bond donors (Lipinski definition) is 1. The zero-order chi connectivity index (χ0) is 22.8. The molecule has 1 heterocycles. The Morgan fingerprint density at radius 2 is 1.75 bits per heavy atom. The molecular formula is C25H21BrN2O3S. The van der Waals surface area contributed by atoms with Crippen molar-refractivity contribution in [2.45, 2.75) is 13.8 Å². The van der Waals surface area contributed by atoms with Gasteiger partial charge < -0.3 is 9.84 Å². The van der Waals surface area contributed by atoms with Gasteiger partial charge in [-0.3, -0.25) is 9.69 Å². The first-order valence-electron chi connectivity index (χ1n) is 9.89. The number of nitrogens with zero attached hydrogens (tertiary/aromatic N) is 2. The maximum atomic E-state index is 13.5. The summed E-state index contributed by atoms with van der Waals surface area (Å²) in [4.78, 5) is 20.5. The lowest BCUT2D eigenvalue weighted by Gasteiger charge is -2.18. The van der Waals surface area contributed by atoms with Gasteiger partial charge in [0.2, 0.25) is 0 Å². The number of amides is 1. The topological polar surface area (TPSA) is 62.1 Å². The number of aromatic hydroxyl groups is 1. The molecule has 1 aliphatic rings. The SMILES string of the molecule is COc1cc(C=C2SC(=Nc3ccccc3C)N(c3ccccc3C)C2=O)cc(Br)c1O. The van der Waals surface area contributed by atoms with Crippen molar-refractivity contribution in [3.05, 3.63) is 86.7 Å². The summed E-state index contributed by atoms with van der Waals surface area (Å²) < 4.78 is 5.73. The quantitative estimate of drug-likeness (QED) is 0.403. The van der Waals surface area contributed by atoms with Crippen LogP contribution in [0, 0.1) is 13.8 Å². The van der Waals surface area contributed by atoms with Crippen molar-refractivity contribution in [2.24, 2.45) is 4.99 Å². The number of methoxy groups -OCH3 is 1. The molecular weight excluding hydrogens is 488 g/mol. The van der Waals surface area contributed by atoms with E-state index in [9.17, 15) is 9.90 Å². The first-order valence-corrected chi connectivity index (χ1v) is 11.5. The van der Waals surface area contributed by atoms with Gasteiger partial charge in [0.1, 0.15) is 0 Å². The van der Waals surface area contributed by atoms with E-state index < -0.39 is 0 Å². The molecule has 1 N–H and O–H groups in total. The van der Waals surface area contributed by atoms with Crippen molar-refractivity contribution in [2.75, 3.05) is 12.0 Å². The van der Waals surface area contributed by atoms with E-state index in [1.54, 1.807) is 23.1 Å². The number of thioether (sulfide) groups is 1. The second-order valence-electron chi connectivity index (χ2n) is 7.27. The van der Waals surface area contributed by atoms with Crippen molar-refractivity contribution >= 4 is 56.2 Å². The number of halogens is 1. The van der Waals surface area contributed by atoms with Gasteiger partial charge in [-0.25, -0.2) is 4.99 Å². The minimum absolute atomic E-state index is 0.0170. The average molecular weight is 509 g/mol. The van der Waals surface area contributed by atoms with E-state index in [1.807, 2.05) is 62.4 Å². The van der Waals surface area contributed by atoms with E-state index in [0.717, 1.165) is 28.1 Å². The van der Waals surface area contributed by atoms with Crippen LogP contribution < -0.4 is 9.64 Å². The molecule has 0 saturated carbocycles. The fraction of sp³-hybridized carbons (Fsp3) is 0.120. The third-order valence-electron chi connectivity index (χ3n) is 5.06. The number of aryl methyl sites for hydroxylation is 2. The Bertz CT molecular complexity index is 1270. The highest BCUT2D eigenvalue weighted by atomic mass is 79.9. The van der Waals surface area contributed by atoms with Crippen molar-refractivity contribution in [1.82, 2.24) is 0 Å². The molecule has 1 amide bonds. The van der Waals surface area contributed by atoms with Gasteiger partial charge in [-0.2, -0.15) is 0 Å². The van der Waals surface area contributed by atoms with Gasteiger partial charge in [0.25, 0.3) is 5.91 Å². The second kappa shape index (κ2) is 9.22. The number of carbonyl (C=O) groups is 1. The molecule has 7 heteroatoms. The number of hydrogen-bond acceptors (Lipinski definition) is 5. The summed E-state index contributed by atoms with van der Waals surface area (Å²) in [5.41, 5.74) is 4.35. The molecule has 3 aromatic carbocycles. The number of rotatable bonds is 4. The summed E-state index contributed by atoms with van der Waals surface area (Å²) in [7, 11) is 1.49. The lowest BCUT2D eigenvalue weighted by Crippen LogP contribution is -2.29. The maximum Gasteiger partial charge on any atom is 0.271 e. The molecule has 1 aliphatic heterocycles. The Kier molecular flexibility index (Phi) is 6.39. The summed E-state index contributed by atoms with van der Waals surface area (Å²) in [5, 5.41) is 10.7. The van der Waals surface area contributed by atoms with Gasteiger partial charge in [-0.15, -0.1) is 0 Å². The smallest absolute Gasteiger partial charge is 0.271 e. The molecule has 1 fully saturated rings. The van der Waals surface area contributed by atoms with Crippen molar-refractivity contribution < 1.29 is 14.6 Å². The highest BCUT2D eigenvalue weighted by Gasteiger charge is 2.35. The van der Waals surface area contributed by atoms with Crippen LogP contribution in [-0.4, -0.2) is 23.3 Å². The highest BCUT2D eigenvalue weighted by Crippen LogP contribution is 2.41. The summed E-state index contributed by atoms with van der Waals surface area (Å²) in [6.07, 6.45) is 1.78. The molecule has 0 bridgehead atoms. The van der Waals surface area contributed by atoms with Crippen LogP contribution in [0.2, 0.25) is 0 Å².